The Labute approximate surface area is 138 Å². The van der Waals surface area contributed by atoms with Gasteiger partial charge in [-0.25, -0.2) is 13.1 Å². The molecule has 0 bridgehead atoms. The first-order valence-corrected chi connectivity index (χ1v) is 7.73. The summed E-state index contributed by atoms with van der Waals surface area (Å²) < 4.78 is 26.5. The van der Waals surface area contributed by atoms with Gasteiger partial charge < -0.3 is 5.32 Å². The number of rotatable bonds is 6. The van der Waals surface area contributed by atoms with Gasteiger partial charge in [0.15, 0.2) is 4.90 Å². The summed E-state index contributed by atoms with van der Waals surface area (Å²) in [7, 11) is -2.45. The molecule has 21 heavy (non-hydrogen) atoms. The smallest absolute Gasteiger partial charge is 0.292 e. The third kappa shape index (κ3) is 5.24. The molecular weight excluding hydrogens is 365 g/mol. The molecule has 2 N–H and O–H groups in total. The number of nitrogens with zero attached hydrogens (tertiary/aromatic N) is 1. The van der Waals surface area contributed by atoms with Gasteiger partial charge in [0.1, 0.15) is 0 Å². The number of nitro benzene ring substituents is 1. The van der Waals surface area contributed by atoms with Crippen LogP contribution in [0.4, 0.5) is 5.69 Å². The Kier molecular flexibility index (Phi) is 7.87. The van der Waals surface area contributed by atoms with Crippen LogP contribution in [-0.2, 0) is 10.0 Å². The van der Waals surface area contributed by atoms with Crippen LogP contribution >= 0.6 is 35.6 Å². The fourth-order valence-corrected chi connectivity index (χ4v) is 3.48. The molecule has 0 aliphatic carbocycles. The molecule has 120 valence electrons. The standard InChI is InChI=1S/C10H13Cl2N3O4S.ClH/c1-6(13-2)5-14-20(18,19)10-8(12)3-7(11)4-9(10)15(16)17;/h3-4,6,13-14H,5H2,1-2H3;1H. The number of hydrogen-bond donors (Lipinski definition) is 2. The molecule has 0 aliphatic rings. The summed E-state index contributed by atoms with van der Waals surface area (Å²) in [6.45, 7) is 1.81. The third-order valence-electron chi connectivity index (χ3n) is 2.53. The molecule has 0 aromatic heterocycles. The summed E-state index contributed by atoms with van der Waals surface area (Å²) in [6.07, 6.45) is 0. The second-order valence-corrected chi connectivity index (χ2v) is 6.58. The number of sulfonamides is 1. The predicted molar refractivity (Wildman–Crippen MR) is 84.1 cm³/mol. The minimum absolute atomic E-state index is 0. The van der Waals surface area contributed by atoms with Gasteiger partial charge in [0, 0.05) is 23.7 Å². The number of likely N-dealkylation sites (N-methyl/N-ethyl adjacent to an activating group) is 1. The van der Waals surface area contributed by atoms with E-state index >= 15 is 0 Å². The van der Waals surface area contributed by atoms with Gasteiger partial charge in [-0.1, -0.05) is 23.2 Å². The van der Waals surface area contributed by atoms with Gasteiger partial charge in [0.2, 0.25) is 10.0 Å². The fraction of sp³-hybridized carbons (Fsp3) is 0.400. The van der Waals surface area contributed by atoms with Crippen LogP contribution in [0.5, 0.6) is 0 Å². The molecular formula is C10H14Cl3N3O4S. The van der Waals surface area contributed by atoms with E-state index in [0.29, 0.717) is 0 Å². The SMILES string of the molecule is CNC(C)CNS(=O)(=O)c1c(Cl)cc(Cl)cc1[N+](=O)[O-].Cl. The number of benzene rings is 1. The Balaban J connectivity index is 0.00000400. The zero-order valence-electron chi connectivity index (χ0n) is 11.1. The highest BCUT2D eigenvalue weighted by Gasteiger charge is 2.29. The van der Waals surface area contributed by atoms with E-state index in [1.807, 2.05) is 0 Å². The molecule has 0 aliphatic heterocycles. The molecule has 0 radical (unpaired) electrons. The highest BCUT2D eigenvalue weighted by atomic mass is 35.5. The Morgan fingerprint density at radius 1 is 1.38 bits per heavy atom. The molecule has 1 unspecified atom stereocenters. The molecule has 0 saturated carbocycles. The van der Waals surface area contributed by atoms with Crippen molar-refractivity contribution in [3.8, 4) is 0 Å². The lowest BCUT2D eigenvalue weighted by molar-refractivity contribution is -0.387. The summed E-state index contributed by atoms with van der Waals surface area (Å²) in [6, 6.07) is 1.95. The van der Waals surface area contributed by atoms with Crippen molar-refractivity contribution >= 4 is 51.3 Å². The van der Waals surface area contributed by atoms with E-state index in [1.54, 1.807) is 14.0 Å². The van der Waals surface area contributed by atoms with E-state index in [2.05, 4.69) is 10.0 Å². The molecule has 1 atom stereocenters. The number of nitro groups is 1. The first-order valence-electron chi connectivity index (χ1n) is 5.49. The lowest BCUT2D eigenvalue weighted by atomic mass is 10.3. The molecule has 11 heteroatoms. The topological polar surface area (TPSA) is 101 Å². The summed E-state index contributed by atoms with van der Waals surface area (Å²) in [5.41, 5.74) is -0.660. The van der Waals surface area contributed by atoms with Gasteiger partial charge in [0.25, 0.3) is 5.69 Å². The summed E-state index contributed by atoms with van der Waals surface area (Å²) >= 11 is 11.4. The van der Waals surface area contributed by atoms with Crippen molar-refractivity contribution in [1.82, 2.24) is 10.0 Å². The van der Waals surface area contributed by atoms with Crippen LogP contribution in [0.25, 0.3) is 0 Å². The monoisotopic (exact) mass is 377 g/mol. The Morgan fingerprint density at radius 2 is 1.95 bits per heavy atom. The van der Waals surface area contributed by atoms with E-state index in [0.717, 1.165) is 12.1 Å². The molecule has 0 fully saturated rings. The molecule has 0 amide bonds. The molecule has 7 nitrogen and oxygen atoms in total. The van der Waals surface area contributed by atoms with Crippen LogP contribution in [0.2, 0.25) is 10.0 Å². The summed E-state index contributed by atoms with van der Waals surface area (Å²) in [5, 5.41) is 13.5. The zero-order valence-corrected chi connectivity index (χ0v) is 14.2. The average molecular weight is 379 g/mol. The lowest BCUT2D eigenvalue weighted by Crippen LogP contribution is -2.37. The summed E-state index contributed by atoms with van der Waals surface area (Å²) in [5.74, 6) is 0. The van der Waals surface area contributed by atoms with Gasteiger partial charge in [-0.15, -0.1) is 12.4 Å². The minimum atomic E-state index is -4.11. The molecule has 0 saturated heterocycles. The van der Waals surface area contributed by atoms with Crippen LogP contribution < -0.4 is 10.0 Å². The van der Waals surface area contributed by atoms with Gasteiger partial charge in [-0.05, 0) is 20.0 Å². The second-order valence-electron chi connectivity index (χ2n) is 4.03. The van der Waals surface area contributed by atoms with E-state index in [4.69, 9.17) is 23.2 Å². The fourth-order valence-electron chi connectivity index (χ4n) is 1.36. The molecule has 1 aromatic rings. The van der Waals surface area contributed by atoms with Gasteiger partial charge in [-0.3, -0.25) is 10.1 Å². The largest absolute Gasteiger partial charge is 0.316 e. The van der Waals surface area contributed by atoms with Crippen LogP contribution in [0.1, 0.15) is 6.92 Å². The first kappa shape index (κ1) is 20.4. The first-order chi connectivity index (χ1) is 9.19. The van der Waals surface area contributed by atoms with Crippen molar-refractivity contribution in [2.24, 2.45) is 0 Å². The molecule has 1 rings (SSSR count). The quantitative estimate of drug-likeness (QED) is 0.584. The zero-order chi connectivity index (χ0) is 15.5. The van der Waals surface area contributed by atoms with Crippen molar-refractivity contribution in [2.75, 3.05) is 13.6 Å². The number of hydrogen-bond acceptors (Lipinski definition) is 5. The highest BCUT2D eigenvalue weighted by Crippen LogP contribution is 2.34. The summed E-state index contributed by atoms with van der Waals surface area (Å²) in [4.78, 5) is 9.53. The third-order valence-corrected chi connectivity index (χ3v) is 4.67. The van der Waals surface area contributed by atoms with Crippen molar-refractivity contribution in [3.63, 3.8) is 0 Å². The van der Waals surface area contributed by atoms with E-state index in [9.17, 15) is 18.5 Å². The van der Waals surface area contributed by atoms with Crippen molar-refractivity contribution in [3.05, 3.63) is 32.3 Å². The van der Waals surface area contributed by atoms with E-state index in [-0.39, 0.29) is 35.0 Å². The van der Waals surface area contributed by atoms with Gasteiger partial charge in [-0.2, -0.15) is 0 Å². The second kappa shape index (κ2) is 8.11. The maximum atomic E-state index is 12.1. The maximum absolute atomic E-state index is 12.1. The Hall–Kier alpha value is -0.640. The molecule has 0 spiro atoms. The lowest BCUT2D eigenvalue weighted by Gasteiger charge is -2.13. The Morgan fingerprint density at radius 3 is 2.43 bits per heavy atom. The normalized spacial score (nSPS) is 12.6. The Bertz CT molecular complexity index is 624. The molecule has 0 heterocycles. The predicted octanol–water partition coefficient (Wildman–Crippen LogP) is 2.21. The number of nitrogens with one attached hydrogen (secondary N) is 2. The van der Waals surface area contributed by atoms with Crippen molar-refractivity contribution < 1.29 is 13.3 Å². The van der Waals surface area contributed by atoms with Crippen molar-refractivity contribution in [1.29, 1.82) is 0 Å². The van der Waals surface area contributed by atoms with E-state index in [1.165, 1.54) is 0 Å². The van der Waals surface area contributed by atoms with Crippen LogP contribution in [-0.4, -0.2) is 33.0 Å². The molecule has 1 aromatic carbocycles. The van der Waals surface area contributed by atoms with Crippen LogP contribution in [0.15, 0.2) is 17.0 Å². The van der Waals surface area contributed by atoms with Crippen LogP contribution in [0.3, 0.4) is 0 Å². The average Bonchev–Trinajstić information content (AvgIpc) is 2.34. The van der Waals surface area contributed by atoms with Crippen molar-refractivity contribution in [2.45, 2.75) is 17.9 Å². The van der Waals surface area contributed by atoms with Crippen LogP contribution in [0, 0.1) is 10.1 Å². The van der Waals surface area contributed by atoms with Gasteiger partial charge in [0.05, 0.1) is 9.95 Å². The highest BCUT2D eigenvalue weighted by molar-refractivity contribution is 7.89. The van der Waals surface area contributed by atoms with E-state index < -0.39 is 25.5 Å². The number of halogens is 3. The maximum Gasteiger partial charge on any atom is 0.292 e. The minimum Gasteiger partial charge on any atom is -0.316 e. The van der Waals surface area contributed by atoms with Gasteiger partial charge >= 0.3 is 0 Å².